The van der Waals surface area contributed by atoms with Crippen molar-refractivity contribution < 1.29 is 8.42 Å². The maximum atomic E-state index is 12.1. The smallest absolute Gasteiger partial charge is 0.155 e. The highest BCUT2D eigenvalue weighted by Gasteiger charge is 2.38. The molecule has 90 valence electrons. The fraction of sp³-hybridized carbons (Fsp3) is 1.00. The van der Waals surface area contributed by atoms with Gasteiger partial charge in [-0.3, -0.25) is 0 Å². The summed E-state index contributed by atoms with van der Waals surface area (Å²) >= 11 is 0. The van der Waals surface area contributed by atoms with Gasteiger partial charge in [0.1, 0.15) is 0 Å². The van der Waals surface area contributed by atoms with Gasteiger partial charge in [0.25, 0.3) is 0 Å². The van der Waals surface area contributed by atoms with E-state index in [1.807, 2.05) is 0 Å². The minimum atomic E-state index is -2.97. The van der Waals surface area contributed by atoms with E-state index in [1.165, 1.54) is 0 Å². The van der Waals surface area contributed by atoms with Crippen molar-refractivity contribution in [3.63, 3.8) is 0 Å². The van der Waals surface area contributed by atoms with E-state index in [0.29, 0.717) is 12.5 Å². The highest BCUT2D eigenvalue weighted by Crippen LogP contribution is 2.34. The van der Waals surface area contributed by atoms with Crippen LogP contribution in [0.25, 0.3) is 0 Å². The van der Waals surface area contributed by atoms with Gasteiger partial charge >= 0.3 is 0 Å². The molecule has 0 aliphatic heterocycles. The molecule has 0 heterocycles. The van der Waals surface area contributed by atoms with Crippen LogP contribution in [0.1, 0.15) is 40.0 Å². The summed E-state index contributed by atoms with van der Waals surface area (Å²) < 4.78 is 24.3. The molecule has 2 N–H and O–H groups in total. The second-order valence-corrected chi connectivity index (χ2v) is 7.82. The quantitative estimate of drug-likeness (QED) is 0.805. The summed E-state index contributed by atoms with van der Waals surface area (Å²) in [6.07, 6.45) is 2.88. The summed E-state index contributed by atoms with van der Waals surface area (Å²) in [5.41, 5.74) is 5.67. The molecule has 0 saturated heterocycles. The number of hydrogen-bond donors (Lipinski definition) is 1. The van der Waals surface area contributed by atoms with Crippen molar-refractivity contribution in [1.29, 1.82) is 0 Å². The topological polar surface area (TPSA) is 60.2 Å². The first kappa shape index (κ1) is 13.0. The fourth-order valence-electron chi connectivity index (χ4n) is 2.41. The molecule has 1 rings (SSSR count). The van der Waals surface area contributed by atoms with Gasteiger partial charge in [0.05, 0.1) is 10.5 Å². The van der Waals surface area contributed by atoms with Gasteiger partial charge < -0.3 is 5.73 Å². The number of sulfone groups is 1. The van der Waals surface area contributed by atoms with Gasteiger partial charge in [-0.25, -0.2) is 8.42 Å². The molecule has 0 bridgehead atoms. The van der Waals surface area contributed by atoms with E-state index < -0.39 is 9.84 Å². The lowest BCUT2D eigenvalue weighted by atomic mass is 9.82. The Morgan fingerprint density at radius 3 is 2.40 bits per heavy atom. The van der Waals surface area contributed by atoms with Gasteiger partial charge in [0.15, 0.2) is 9.84 Å². The molecule has 1 fully saturated rings. The van der Waals surface area contributed by atoms with Crippen molar-refractivity contribution >= 4 is 9.84 Å². The Balaban J connectivity index is 2.89. The van der Waals surface area contributed by atoms with Crippen molar-refractivity contribution in [3.8, 4) is 0 Å². The Morgan fingerprint density at radius 1 is 1.33 bits per heavy atom. The summed E-state index contributed by atoms with van der Waals surface area (Å²) in [5, 5.41) is -0.479. The number of nitrogens with two attached hydrogens (primary N) is 1. The summed E-state index contributed by atoms with van der Waals surface area (Å²) in [5.74, 6) is 0.694. The van der Waals surface area contributed by atoms with Gasteiger partial charge in [0.2, 0.25) is 0 Å². The highest BCUT2D eigenvalue weighted by atomic mass is 32.2. The molecule has 0 aromatic rings. The van der Waals surface area contributed by atoms with Crippen LogP contribution < -0.4 is 5.73 Å². The number of hydrogen-bond acceptors (Lipinski definition) is 3. The van der Waals surface area contributed by atoms with Crippen molar-refractivity contribution in [3.05, 3.63) is 0 Å². The molecule has 0 spiro atoms. The molecule has 1 aliphatic carbocycles. The van der Waals surface area contributed by atoms with E-state index in [2.05, 4.69) is 6.92 Å². The lowest BCUT2D eigenvalue weighted by molar-refractivity contribution is 0.295. The fourth-order valence-corrected chi connectivity index (χ4v) is 4.49. The second kappa shape index (κ2) is 4.83. The van der Waals surface area contributed by atoms with Gasteiger partial charge in [-0.05, 0) is 45.1 Å². The molecule has 4 heteroatoms. The van der Waals surface area contributed by atoms with E-state index in [4.69, 9.17) is 5.73 Å². The first-order chi connectivity index (χ1) is 6.89. The lowest BCUT2D eigenvalue weighted by Gasteiger charge is -2.34. The van der Waals surface area contributed by atoms with Crippen LogP contribution in [0.15, 0.2) is 0 Å². The first-order valence-electron chi connectivity index (χ1n) is 5.82. The van der Waals surface area contributed by atoms with Crippen LogP contribution in [0.2, 0.25) is 0 Å². The molecule has 3 unspecified atom stereocenters. The van der Waals surface area contributed by atoms with Crippen molar-refractivity contribution in [2.75, 3.05) is 6.54 Å². The second-order valence-electron chi connectivity index (χ2n) is 5.09. The zero-order valence-corrected chi connectivity index (χ0v) is 10.8. The third-order valence-electron chi connectivity index (χ3n) is 3.57. The van der Waals surface area contributed by atoms with Crippen LogP contribution in [0.5, 0.6) is 0 Å². The van der Waals surface area contributed by atoms with Crippen molar-refractivity contribution in [1.82, 2.24) is 0 Å². The monoisotopic (exact) mass is 233 g/mol. The van der Waals surface area contributed by atoms with Gasteiger partial charge in [-0.2, -0.15) is 0 Å². The molecule has 3 atom stereocenters. The Labute approximate surface area is 93.3 Å². The zero-order valence-electron chi connectivity index (χ0n) is 9.94. The molecule has 1 saturated carbocycles. The predicted molar refractivity (Wildman–Crippen MR) is 63.4 cm³/mol. The Morgan fingerprint density at radius 2 is 1.93 bits per heavy atom. The minimum absolute atomic E-state index is 0.175. The Hall–Kier alpha value is -0.0900. The van der Waals surface area contributed by atoms with Crippen LogP contribution in [0.4, 0.5) is 0 Å². The van der Waals surface area contributed by atoms with E-state index in [1.54, 1.807) is 13.8 Å². The van der Waals surface area contributed by atoms with Crippen LogP contribution in [-0.4, -0.2) is 25.5 Å². The van der Waals surface area contributed by atoms with Crippen LogP contribution in [0, 0.1) is 11.8 Å². The summed E-state index contributed by atoms with van der Waals surface area (Å²) in [4.78, 5) is 0. The maximum Gasteiger partial charge on any atom is 0.155 e. The molecule has 3 nitrogen and oxygen atoms in total. The standard InChI is InChI=1S/C11H23NO2S/c1-8(2)15(13,14)11-6-9(3)4-5-10(11)7-12/h8-11H,4-7,12H2,1-3H3. The molecule has 0 aromatic heterocycles. The van der Waals surface area contributed by atoms with E-state index in [0.717, 1.165) is 19.3 Å². The molecule has 0 radical (unpaired) electrons. The van der Waals surface area contributed by atoms with E-state index in [-0.39, 0.29) is 16.4 Å². The largest absolute Gasteiger partial charge is 0.330 e. The third kappa shape index (κ3) is 2.72. The normalized spacial score (nSPS) is 33.3. The molecule has 15 heavy (non-hydrogen) atoms. The third-order valence-corrected chi connectivity index (χ3v) is 6.31. The SMILES string of the molecule is CC1CCC(CN)C(S(=O)(=O)C(C)C)C1. The Bertz CT molecular complexity index is 298. The van der Waals surface area contributed by atoms with E-state index in [9.17, 15) is 8.42 Å². The zero-order chi connectivity index (χ0) is 11.6. The predicted octanol–water partition coefficient (Wildman–Crippen LogP) is 1.57. The van der Waals surface area contributed by atoms with Crippen LogP contribution in [-0.2, 0) is 9.84 Å². The molecule has 0 aromatic carbocycles. The van der Waals surface area contributed by atoms with E-state index >= 15 is 0 Å². The average molecular weight is 233 g/mol. The molecular formula is C11H23NO2S. The summed E-state index contributed by atoms with van der Waals surface area (Å²) in [6, 6.07) is 0. The summed E-state index contributed by atoms with van der Waals surface area (Å²) in [7, 11) is -2.97. The van der Waals surface area contributed by atoms with Gasteiger partial charge in [-0.15, -0.1) is 0 Å². The lowest BCUT2D eigenvalue weighted by Crippen LogP contribution is -2.42. The molecular weight excluding hydrogens is 210 g/mol. The molecule has 1 aliphatic rings. The van der Waals surface area contributed by atoms with Crippen molar-refractivity contribution in [2.24, 2.45) is 17.6 Å². The highest BCUT2D eigenvalue weighted by molar-refractivity contribution is 7.92. The first-order valence-corrected chi connectivity index (χ1v) is 7.43. The Kier molecular flexibility index (Phi) is 4.18. The average Bonchev–Trinajstić information content (AvgIpc) is 2.17. The molecule has 0 amide bonds. The summed E-state index contributed by atoms with van der Waals surface area (Å²) in [6.45, 7) is 6.17. The van der Waals surface area contributed by atoms with Gasteiger partial charge in [0, 0.05) is 0 Å². The maximum absolute atomic E-state index is 12.1. The van der Waals surface area contributed by atoms with Crippen molar-refractivity contribution in [2.45, 2.75) is 50.5 Å². The van der Waals surface area contributed by atoms with Crippen LogP contribution >= 0.6 is 0 Å². The number of rotatable bonds is 3. The van der Waals surface area contributed by atoms with Gasteiger partial charge in [-0.1, -0.05) is 13.3 Å². The minimum Gasteiger partial charge on any atom is -0.330 e. The van der Waals surface area contributed by atoms with Crippen LogP contribution in [0.3, 0.4) is 0 Å².